The SMILES string of the molecule is CN(C)c1ccc(Br)cc1NC1CCSC1. The van der Waals surface area contributed by atoms with Gasteiger partial charge in [0.15, 0.2) is 0 Å². The maximum Gasteiger partial charge on any atom is 0.0597 e. The van der Waals surface area contributed by atoms with E-state index in [4.69, 9.17) is 0 Å². The lowest BCUT2D eigenvalue weighted by Crippen LogP contribution is -2.20. The molecule has 1 heterocycles. The molecule has 0 saturated carbocycles. The average molecular weight is 301 g/mol. The van der Waals surface area contributed by atoms with E-state index in [1.54, 1.807) is 0 Å². The first-order valence-corrected chi connectivity index (χ1v) is 7.43. The van der Waals surface area contributed by atoms with Crippen LogP contribution < -0.4 is 10.2 Å². The van der Waals surface area contributed by atoms with E-state index in [0.29, 0.717) is 6.04 Å². The number of rotatable bonds is 3. The average Bonchev–Trinajstić information content (AvgIpc) is 2.70. The molecule has 1 aliphatic heterocycles. The summed E-state index contributed by atoms with van der Waals surface area (Å²) in [5.41, 5.74) is 2.48. The number of anilines is 2. The minimum Gasteiger partial charge on any atom is -0.380 e. The van der Waals surface area contributed by atoms with E-state index >= 15 is 0 Å². The van der Waals surface area contributed by atoms with Crippen molar-refractivity contribution in [1.29, 1.82) is 0 Å². The summed E-state index contributed by atoms with van der Waals surface area (Å²) < 4.78 is 1.13. The molecule has 2 rings (SSSR count). The standard InChI is InChI=1S/C12H17BrN2S/c1-15(2)12-4-3-9(13)7-11(12)14-10-5-6-16-8-10/h3-4,7,10,14H,5-6,8H2,1-2H3. The van der Waals surface area contributed by atoms with Gasteiger partial charge in [-0.1, -0.05) is 15.9 Å². The van der Waals surface area contributed by atoms with E-state index in [0.717, 1.165) is 4.47 Å². The first-order chi connectivity index (χ1) is 7.66. The van der Waals surface area contributed by atoms with Gasteiger partial charge in [-0.3, -0.25) is 0 Å². The molecular weight excluding hydrogens is 284 g/mol. The molecule has 0 radical (unpaired) electrons. The van der Waals surface area contributed by atoms with Crippen molar-refractivity contribution >= 4 is 39.1 Å². The van der Waals surface area contributed by atoms with Crippen LogP contribution in [0.15, 0.2) is 22.7 Å². The Morgan fingerprint density at radius 3 is 2.88 bits per heavy atom. The highest BCUT2D eigenvalue weighted by Gasteiger charge is 2.16. The number of halogens is 1. The molecule has 1 fully saturated rings. The van der Waals surface area contributed by atoms with Crippen molar-refractivity contribution in [3.05, 3.63) is 22.7 Å². The molecule has 0 spiro atoms. The summed E-state index contributed by atoms with van der Waals surface area (Å²) in [5, 5.41) is 3.64. The van der Waals surface area contributed by atoms with Crippen molar-refractivity contribution in [1.82, 2.24) is 0 Å². The molecule has 1 aromatic rings. The molecule has 16 heavy (non-hydrogen) atoms. The van der Waals surface area contributed by atoms with Gasteiger partial charge in [0, 0.05) is 30.4 Å². The lowest BCUT2D eigenvalue weighted by Gasteiger charge is -2.21. The largest absolute Gasteiger partial charge is 0.380 e. The Morgan fingerprint density at radius 1 is 1.44 bits per heavy atom. The Balaban J connectivity index is 2.19. The molecule has 0 aromatic heterocycles. The van der Waals surface area contributed by atoms with Crippen LogP contribution in [0.3, 0.4) is 0 Å². The fraction of sp³-hybridized carbons (Fsp3) is 0.500. The highest BCUT2D eigenvalue weighted by atomic mass is 79.9. The number of thioether (sulfide) groups is 1. The van der Waals surface area contributed by atoms with Crippen molar-refractivity contribution in [3.8, 4) is 0 Å². The Bertz CT molecular complexity index is 362. The topological polar surface area (TPSA) is 15.3 Å². The molecule has 0 bridgehead atoms. The lowest BCUT2D eigenvalue weighted by atomic mass is 10.2. The van der Waals surface area contributed by atoms with Gasteiger partial charge in [0.25, 0.3) is 0 Å². The van der Waals surface area contributed by atoms with Gasteiger partial charge in [-0.15, -0.1) is 0 Å². The van der Waals surface area contributed by atoms with E-state index in [1.165, 1.54) is 29.3 Å². The Hall–Kier alpha value is -0.350. The van der Waals surface area contributed by atoms with E-state index in [1.807, 2.05) is 11.8 Å². The molecule has 4 heteroatoms. The predicted molar refractivity (Wildman–Crippen MR) is 77.8 cm³/mol. The van der Waals surface area contributed by atoms with Gasteiger partial charge in [-0.05, 0) is 30.4 Å². The molecule has 0 aliphatic carbocycles. The maximum atomic E-state index is 3.64. The van der Waals surface area contributed by atoms with Crippen molar-refractivity contribution in [2.45, 2.75) is 12.5 Å². The van der Waals surface area contributed by atoms with Crippen LogP contribution in [-0.4, -0.2) is 31.6 Å². The highest BCUT2D eigenvalue weighted by molar-refractivity contribution is 9.10. The lowest BCUT2D eigenvalue weighted by molar-refractivity contribution is 0.812. The fourth-order valence-corrected chi connectivity index (χ4v) is 3.40. The number of nitrogens with zero attached hydrogens (tertiary/aromatic N) is 1. The molecule has 1 N–H and O–H groups in total. The van der Waals surface area contributed by atoms with Gasteiger partial charge in [0.1, 0.15) is 0 Å². The number of benzene rings is 1. The zero-order valence-corrected chi connectivity index (χ0v) is 12.1. The van der Waals surface area contributed by atoms with E-state index < -0.39 is 0 Å². The zero-order chi connectivity index (χ0) is 11.5. The summed E-state index contributed by atoms with van der Waals surface area (Å²) in [4.78, 5) is 2.15. The van der Waals surface area contributed by atoms with Gasteiger partial charge in [-0.2, -0.15) is 11.8 Å². The summed E-state index contributed by atoms with van der Waals surface area (Å²) in [5.74, 6) is 2.50. The minimum atomic E-state index is 0.623. The van der Waals surface area contributed by atoms with Crippen LogP contribution in [0.4, 0.5) is 11.4 Å². The molecule has 2 nitrogen and oxygen atoms in total. The molecule has 0 amide bonds. The molecule has 88 valence electrons. The predicted octanol–water partition coefficient (Wildman–Crippen LogP) is 3.43. The van der Waals surface area contributed by atoms with Crippen LogP contribution in [-0.2, 0) is 0 Å². The van der Waals surface area contributed by atoms with Crippen molar-refractivity contribution < 1.29 is 0 Å². The van der Waals surface area contributed by atoms with Crippen molar-refractivity contribution in [3.63, 3.8) is 0 Å². The van der Waals surface area contributed by atoms with Crippen LogP contribution in [0, 0.1) is 0 Å². The van der Waals surface area contributed by atoms with Crippen LogP contribution in [0.1, 0.15) is 6.42 Å². The van der Waals surface area contributed by atoms with Crippen LogP contribution in [0.25, 0.3) is 0 Å². The highest BCUT2D eigenvalue weighted by Crippen LogP contribution is 2.30. The third kappa shape index (κ3) is 2.86. The summed E-state index contributed by atoms with van der Waals surface area (Å²) in [7, 11) is 4.16. The first kappa shape index (κ1) is 12.1. The normalized spacial score (nSPS) is 19.8. The molecule has 1 aromatic carbocycles. The molecular formula is C12H17BrN2S. The molecule has 1 saturated heterocycles. The van der Waals surface area contributed by atoms with Gasteiger partial charge in [-0.25, -0.2) is 0 Å². The third-order valence-electron chi connectivity index (χ3n) is 2.73. The monoisotopic (exact) mass is 300 g/mol. The quantitative estimate of drug-likeness (QED) is 0.921. The second-order valence-electron chi connectivity index (χ2n) is 4.26. The first-order valence-electron chi connectivity index (χ1n) is 5.48. The maximum absolute atomic E-state index is 3.64. The minimum absolute atomic E-state index is 0.623. The summed E-state index contributed by atoms with van der Waals surface area (Å²) in [6, 6.07) is 7.02. The van der Waals surface area contributed by atoms with Gasteiger partial charge < -0.3 is 10.2 Å². The Kier molecular flexibility index (Phi) is 4.03. The van der Waals surface area contributed by atoms with Crippen LogP contribution in [0.2, 0.25) is 0 Å². The van der Waals surface area contributed by atoms with Crippen LogP contribution in [0.5, 0.6) is 0 Å². The van der Waals surface area contributed by atoms with Crippen LogP contribution >= 0.6 is 27.7 Å². The second-order valence-corrected chi connectivity index (χ2v) is 6.33. The Morgan fingerprint density at radius 2 is 2.25 bits per heavy atom. The van der Waals surface area contributed by atoms with E-state index in [2.05, 4.69) is 58.4 Å². The summed E-state index contributed by atoms with van der Waals surface area (Å²) in [6.07, 6.45) is 1.27. The van der Waals surface area contributed by atoms with Gasteiger partial charge >= 0.3 is 0 Å². The Labute approximate surface area is 110 Å². The molecule has 1 atom stereocenters. The number of nitrogens with one attached hydrogen (secondary N) is 1. The second kappa shape index (κ2) is 5.32. The fourth-order valence-electron chi connectivity index (χ4n) is 1.88. The molecule has 1 aliphatic rings. The van der Waals surface area contributed by atoms with Gasteiger partial charge in [0.05, 0.1) is 11.4 Å². The smallest absolute Gasteiger partial charge is 0.0597 e. The zero-order valence-electron chi connectivity index (χ0n) is 9.66. The van der Waals surface area contributed by atoms with E-state index in [-0.39, 0.29) is 0 Å². The molecule has 1 unspecified atom stereocenters. The van der Waals surface area contributed by atoms with Gasteiger partial charge in [0.2, 0.25) is 0 Å². The summed E-state index contributed by atoms with van der Waals surface area (Å²) >= 11 is 5.56. The number of hydrogen-bond acceptors (Lipinski definition) is 3. The van der Waals surface area contributed by atoms with Crippen molar-refractivity contribution in [2.24, 2.45) is 0 Å². The third-order valence-corrected chi connectivity index (χ3v) is 4.39. The summed E-state index contributed by atoms with van der Waals surface area (Å²) in [6.45, 7) is 0. The van der Waals surface area contributed by atoms with Crippen molar-refractivity contribution in [2.75, 3.05) is 35.8 Å². The number of hydrogen-bond donors (Lipinski definition) is 1. The van der Waals surface area contributed by atoms with E-state index in [9.17, 15) is 0 Å².